The third-order valence-electron chi connectivity index (χ3n) is 5.75. The smallest absolute Gasteiger partial charge is 0.261 e. The van der Waals surface area contributed by atoms with Crippen LogP contribution in [-0.4, -0.2) is 30.0 Å². The van der Waals surface area contributed by atoms with Crippen LogP contribution in [0, 0.1) is 0 Å². The molecule has 4 rings (SSSR count). The molecule has 4 heteroatoms. The van der Waals surface area contributed by atoms with Gasteiger partial charge in [-0.2, -0.15) is 0 Å². The molecule has 0 saturated carbocycles. The molecule has 0 aromatic heterocycles. The van der Waals surface area contributed by atoms with Crippen LogP contribution >= 0.6 is 0 Å². The Morgan fingerprint density at radius 1 is 1.00 bits per heavy atom. The summed E-state index contributed by atoms with van der Waals surface area (Å²) in [5.74, 6) is 0.679. The molecule has 3 aromatic rings. The number of nitrogens with zero attached hydrogens (tertiary/aromatic N) is 1. The van der Waals surface area contributed by atoms with Crippen LogP contribution in [0.3, 0.4) is 0 Å². The fourth-order valence-corrected chi connectivity index (χ4v) is 4.11. The summed E-state index contributed by atoms with van der Waals surface area (Å²) in [5.41, 5.74) is 2.43. The van der Waals surface area contributed by atoms with Gasteiger partial charge in [-0.15, -0.1) is 0 Å². The standard InChI is InChI=1S/C26H30N2O2/c1-2-24(30-25-14-8-12-22-11-3-4-13-23(22)25)26(29)27-18-20-9-7-10-21(17-20)19-28-15-5-6-16-28/h3-4,7-14,17,24H,2,5-6,15-16,18-19H2,1H3,(H,27,29)/t24-/m1/s1. The van der Waals surface area contributed by atoms with Crippen molar-refractivity contribution in [3.05, 3.63) is 77.9 Å². The van der Waals surface area contributed by atoms with Crippen molar-refractivity contribution in [2.75, 3.05) is 13.1 Å². The van der Waals surface area contributed by atoms with Gasteiger partial charge in [0, 0.05) is 18.5 Å². The van der Waals surface area contributed by atoms with Gasteiger partial charge in [0.1, 0.15) is 5.75 Å². The molecule has 1 N–H and O–H groups in total. The molecule has 1 atom stereocenters. The molecule has 1 amide bonds. The summed E-state index contributed by atoms with van der Waals surface area (Å²) in [6.07, 6.45) is 2.70. The molecule has 0 radical (unpaired) electrons. The van der Waals surface area contributed by atoms with Crippen molar-refractivity contribution < 1.29 is 9.53 Å². The molecule has 156 valence electrons. The summed E-state index contributed by atoms with van der Waals surface area (Å²) in [5, 5.41) is 5.20. The van der Waals surface area contributed by atoms with Crippen molar-refractivity contribution >= 4 is 16.7 Å². The maximum Gasteiger partial charge on any atom is 0.261 e. The van der Waals surface area contributed by atoms with E-state index in [9.17, 15) is 4.79 Å². The average molecular weight is 403 g/mol. The lowest BCUT2D eigenvalue weighted by Gasteiger charge is -2.19. The minimum absolute atomic E-state index is 0.0737. The van der Waals surface area contributed by atoms with Crippen LogP contribution in [0.2, 0.25) is 0 Å². The highest BCUT2D eigenvalue weighted by Gasteiger charge is 2.19. The second-order valence-corrected chi connectivity index (χ2v) is 8.01. The van der Waals surface area contributed by atoms with Crippen LogP contribution in [0.1, 0.15) is 37.3 Å². The Bertz CT molecular complexity index is 990. The van der Waals surface area contributed by atoms with Crippen molar-refractivity contribution in [3.63, 3.8) is 0 Å². The van der Waals surface area contributed by atoms with E-state index in [2.05, 4.69) is 46.6 Å². The number of hydrogen-bond acceptors (Lipinski definition) is 3. The second kappa shape index (κ2) is 9.77. The lowest BCUT2D eigenvalue weighted by molar-refractivity contribution is -0.128. The van der Waals surface area contributed by atoms with Gasteiger partial charge in [0.2, 0.25) is 0 Å². The molecule has 1 heterocycles. The van der Waals surface area contributed by atoms with Gasteiger partial charge in [-0.1, -0.05) is 67.6 Å². The van der Waals surface area contributed by atoms with Gasteiger partial charge in [0.05, 0.1) is 0 Å². The molecule has 1 aliphatic rings. The van der Waals surface area contributed by atoms with Gasteiger partial charge in [-0.25, -0.2) is 0 Å². The first-order chi connectivity index (χ1) is 14.7. The Balaban J connectivity index is 1.37. The number of hydrogen-bond donors (Lipinski definition) is 1. The molecule has 4 nitrogen and oxygen atoms in total. The molecule has 1 aliphatic heterocycles. The summed E-state index contributed by atoms with van der Waals surface area (Å²) < 4.78 is 6.12. The number of nitrogens with one attached hydrogen (secondary N) is 1. The first-order valence-corrected chi connectivity index (χ1v) is 11.0. The van der Waals surface area contributed by atoms with Crippen LogP contribution < -0.4 is 10.1 Å². The Labute approximate surface area is 178 Å². The van der Waals surface area contributed by atoms with Crippen molar-refractivity contribution in [1.29, 1.82) is 0 Å². The monoisotopic (exact) mass is 402 g/mol. The first kappa shape index (κ1) is 20.4. The maximum absolute atomic E-state index is 12.8. The number of ether oxygens (including phenoxy) is 1. The molecular formula is C26H30N2O2. The highest BCUT2D eigenvalue weighted by atomic mass is 16.5. The molecular weight excluding hydrogens is 372 g/mol. The van der Waals surface area contributed by atoms with Gasteiger partial charge in [0.15, 0.2) is 6.10 Å². The van der Waals surface area contributed by atoms with Crippen LogP contribution in [0.25, 0.3) is 10.8 Å². The normalized spacial score (nSPS) is 15.2. The number of likely N-dealkylation sites (tertiary alicyclic amines) is 1. The van der Waals surface area contributed by atoms with E-state index < -0.39 is 6.10 Å². The predicted molar refractivity (Wildman–Crippen MR) is 121 cm³/mol. The number of carbonyl (C=O) groups excluding carboxylic acids is 1. The topological polar surface area (TPSA) is 41.6 Å². The minimum Gasteiger partial charge on any atom is -0.480 e. The summed E-state index contributed by atoms with van der Waals surface area (Å²) in [6.45, 7) is 5.85. The highest BCUT2D eigenvalue weighted by molar-refractivity contribution is 5.89. The third-order valence-corrected chi connectivity index (χ3v) is 5.75. The summed E-state index contributed by atoms with van der Waals surface area (Å²) >= 11 is 0. The third kappa shape index (κ3) is 5.00. The SMILES string of the molecule is CC[C@@H](Oc1cccc2ccccc12)C(=O)NCc1cccc(CN2CCCC2)c1. The number of carbonyl (C=O) groups is 1. The van der Waals surface area contributed by atoms with Crippen LogP contribution in [-0.2, 0) is 17.9 Å². The van der Waals surface area contributed by atoms with E-state index >= 15 is 0 Å². The molecule has 0 unspecified atom stereocenters. The first-order valence-electron chi connectivity index (χ1n) is 11.0. The molecule has 1 fully saturated rings. The zero-order chi connectivity index (χ0) is 20.8. The molecule has 3 aromatic carbocycles. The van der Waals surface area contributed by atoms with Gasteiger partial charge in [-0.05, 0) is 54.9 Å². The van der Waals surface area contributed by atoms with Crippen molar-refractivity contribution in [3.8, 4) is 5.75 Å². The number of fused-ring (bicyclic) bond motifs is 1. The van der Waals surface area contributed by atoms with E-state index in [1.807, 2.05) is 37.3 Å². The fraction of sp³-hybridized carbons (Fsp3) is 0.346. The predicted octanol–water partition coefficient (Wildman–Crippen LogP) is 4.91. The largest absolute Gasteiger partial charge is 0.480 e. The molecule has 30 heavy (non-hydrogen) atoms. The molecule has 0 aliphatic carbocycles. The van der Waals surface area contributed by atoms with Crippen LogP contribution in [0.15, 0.2) is 66.7 Å². The second-order valence-electron chi connectivity index (χ2n) is 8.01. The van der Waals surface area contributed by atoms with E-state index in [1.54, 1.807) is 0 Å². The Hall–Kier alpha value is -2.85. The number of benzene rings is 3. The van der Waals surface area contributed by atoms with E-state index in [0.29, 0.717) is 13.0 Å². The van der Waals surface area contributed by atoms with Crippen LogP contribution in [0.4, 0.5) is 0 Å². The lowest BCUT2D eigenvalue weighted by Crippen LogP contribution is -2.37. The van der Waals surface area contributed by atoms with Gasteiger partial charge in [0.25, 0.3) is 5.91 Å². The zero-order valence-corrected chi connectivity index (χ0v) is 17.6. The Morgan fingerprint density at radius 3 is 2.57 bits per heavy atom. The van der Waals surface area contributed by atoms with E-state index in [1.165, 1.54) is 31.5 Å². The molecule has 0 spiro atoms. The Kier molecular flexibility index (Phi) is 6.65. The van der Waals surface area contributed by atoms with E-state index in [4.69, 9.17) is 4.74 Å². The summed E-state index contributed by atoms with van der Waals surface area (Å²) in [6, 6.07) is 22.6. The van der Waals surface area contributed by atoms with Crippen molar-refractivity contribution in [1.82, 2.24) is 10.2 Å². The minimum atomic E-state index is -0.511. The lowest BCUT2D eigenvalue weighted by atomic mass is 10.1. The zero-order valence-electron chi connectivity index (χ0n) is 17.6. The fourth-order valence-electron chi connectivity index (χ4n) is 4.11. The van der Waals surface area contributed by atoms with Gasteiger partial charge < -0.3 is 10.1 Å². The van der Waals surface area contributed by atoms with E-state index in [0.717, 1.165) is 28.6 Å². The van der Waals surface area contributed by atoms with E-state index in [-0.39, 0.29) is 5.91 Å². The quantitative estimate of drug-likeness (QED) is 0.582. The average Bonchev–Trinajstić information content (AvgIpc) is 3.29. The highest BCUT2D eigenvalue weighted by Crippen LogP contribution is 2.26. The summed E-state index contributed by atoms with van der Waals surface area (Å²) in [7, 11) is 0. The number of amides is 1. The van der Waals surface area contributed by atoms with Gasteiger partial charge >= 0.3 is 0 Å². The van der Waals surface area contributed by atoms with Crippen molar-refractivity contribution in [2.24, 2.45) is 0 Å². The maximum atomic E-state index is 12.8. The Morgan fingerprint density at radius 2 is 1.73 bits per heavy atom. The molecule has 0 bridgehead atoms. The summed E-state index contributed by atoms with van der Waals surface area (Å²) in [4.78, 5) is 15.3. The van der Waals surface area contributed by atoms with Crippen molar-refractivity contribution in [2.45, 2.75) is 45.4 Å². The van der Waals surface area contributed by atoms with Gasteiger partial charge in [-0.3, -0.25) is 9.69 Å². The molecule has 1 saturated heterocycles. The van der Waals surface area contributed by atoms with Crippen LogP contribution in [0.5, 0.6) is 5.75 Å². The number of rotatable bonds is 8.